The highest BCUT2D eigenvalue weighted by molar-refractivity contribution is 7.92. The summed E-state index contributed by atoms with van der Waals surface area (Å²) in [6.45, 7) is -0.411. The van der Waals surface area contributed by atoms with Crippen molar-refractivity contribution in [1.82, 2.24) is 0 Å². The molecule has 0 heterocycles. The van der Waals surface area contributed by atoms with Crippen LogP contribution in [0.15, 0.2) is 47.4 Å². The lowest BCUT2D eigenvalue weighted by molar-refractivity contribution is 0.278. The van der Waals surface area contributed by atoms with Gasteiger partial charge in [0.25, 0.3) is 10.0 Å². The second kappa shape index (κ2) is 5.78. The van der Waals surface area contributed by atoms with Crippen molar-refractivity contribution < 1.29 is 17.9 Å². The first-order valence-corrected chi connectivity index (χ1v) is 7.47. The molecule has 0 radical (unpaired) electrons. The molecule has 2 aromatic carbocycles. The van der Waals surface area contributed by atoms with Gasteiger partial charge < -0.3 is 5.11 Å². The second-order valence-electron chi connectivity index (χ2n) is 4.00. The Kier molecular flexibility index (Phi) is 4.27. The molecule has 106 valence electrons. The Morgan fingerprint density at radius 3 is 2.55 bits per heavy atom. The van der Waals surface area contributed by atoms with Gasteiger partial charge in [-0.3, -0.25) is 4.72 Å². The molecule has 0 atom stereocenters. The number of nitrogens with one attached hydrogen (secondary N) is 1. The number of benzene rings is 2. The molecule has 0 aliphatic heterocycles. The third-order valence-electron chi connectivity index (χ3n) is 2.60. The summed E-state index contributed by atoms with van der Waals surface area (Å²) in [6.07, 6.45) is 0. The molecule has 4 nitrogen and oxygen atoms in total. The molecule has 0 aromatic heterocycles. The highest BCUT2D eigenvalue weighted by atomic mass is 35.5. The Labute approximate surface area is 120 Å². The number of rotatable bonds is 4. The van der Waals surface area contributed by atoms with E-state index in [1.165, 1.54) is 30.3 Å². The summed E-state index contributed by atoms with van der Waals surface area (Å²) in [7, 11) is -3.91. The van der Waals surface area contributed by atoms with E-state index in [1.807, 2.05) is 0 Å². The van der Waals surface area contributed by atoms with Gasteiger partial charge in [-0.1, -0.05) is 29.8 Å². The molecule has 0 unspecified atom stereocenters. The lowest BCUT2D eigenvalue weighted by atomic mass is 10.2. The molecule has 0 aliphatic carbocycles. The fourth-order valence-electron chi connectivity index (χ4n) is 1.67. The van der Waals surface area contributed by atoms with Gasteiger partial charge in [-0.05, 0) is 29.8 Å². The van der Waals surface area contributed by atoms with E-state index in [0.29, 0.717) is 0 Å². The van der Waals surface area contributed by atoms with Gasteiger partial charge in [0.15, 0.2) is 0 Å². The number of hydrogen-bond acceptors (Lipinski definition) is 3. The van der Waals surface area contributed by atoms with Crippen molar-refractivity contribution in [3.63, 3.8) is 0 Å². The predicted octanol–water partition coefficient (Wildman–Crippen LogP) is 2.77. The van der Waals surface area contributed by atoms with Crippen LogP contribution in [0.4, 0.5) is 10.1 Å². The Morgan fingerprint density at radius 1 is 1.20 bits per heavy atom. The van der Waals surface area contributed by atoms with E-state index >= 15 is 0 Å². The van der Waals surface area contributed by atoms with Crippen molar-refractivity contribution in [2.24, 2.45) is 0 Å². The number of halogens is 2. The van der Waals surface area contributed by atoms with Gasteiger partial charge in [0.05, 0.1) is 22.2 Å². The molecule has 2 N–H and O–H groups in total. The Hall–Kier alpha value is -1.63. The molecule has 0 amide bonds. The van der Waals surface area contributed by atoms with Gasteiger partial charge in [-0.15, -0.1) is 0 Å². The average molecular weight is 316 g/mol. The van der Waals surface area contributed by atoms with Crippen LogP contribution in [0.5, 0.6) is 0 Å². The fourth-order valence-corrected chi connectivity index (χ4v) is 3.07. The van der Waals surface area contributed by atoms with Crippen molar-refractivity contribution in [3.8, 4) is 0 Å². The van der Waals surface area contributed by atoms with Gasteiger partial charge >= 0.3 is 0 Å². The minimum Gasteiger partial charge on any atom is -0.392 e. The van der Waals surface area contributed by atoms with Crippen LogP contribution in [0.1, 0.15) is 5.56 Å². The molecule has 7 heteroatoms. The van der Waals surface area contributed by atoms with Crippen LogP contribution in [0.2, 0.25) is 5.02 Å². The minimum absolute atomic E-state index is 0.0552. The zero-order valence-electron chi connectivity index (χ0n) is 10.2. The molecule has 20 heavy (non-hydrogen) atoms. The van der Waals surface area contributed by atoms with E-state index < -0.39 is 22.4 Å². The Balaban J connectivity index is 2.38. The first kappa shape index (κ1) is 14.8. The first-order chi connectivity index (χ1) is 9.44. The lowest BCUT2D eigenvalue weighted by Crippen LogP contribution is -2.15. The first-order valence-electron chi connectivity index (χ1n) is 5.60. The van der Waals surface area contributed by atoms with Crippen molar-refractivity contribution >= 4 is 27.3 Å². The van der Waals surface area contributed by atoms with Crippen LogP contribution in [0.25, 0.3) is 0 Å². The molecular weight excluding hydrogens is 305 g/mol. The monoisotopic (exact) mass is 315 g/mol. The zero-order valence-corrected chi connectivity index (χ0v) is 11.7. The number of aliphatic hydroxyl groups excluding tert-OH is 1. The van der Waals surface area contributed by atoms with E-state index in [4.69, 9.17) is 16.7 Å². The Morgan fingerprint density at radius 2 is 1.90 bits per heavy atom. The predicted molar refractivity (Wildman–Crippen MR) is 74.6 cm³/mol. The molecule has 0 saturated heterocycles. The Bertz CT molecular complexity index is 734. The van der Waals surface area contributed by atoms with E-state index in [1.54, 1.807) is 6.07 Å². The topological polar surface area (TPSA) is 66.4 Å². The molecule has 0 aliphatic rings. The lowest BCUT2D eigenvalue weighted by Gasteiger charge is -2.11. The van der Waals surface area contributed by atoms with Gasteiger partial charge in [-0.2, -0.15) is 0 Å². The van der Waals surface area contributed by atoms with Crippen LogP contribution in [-0.2, 0) is 16.6 Å². The highest BCUT2D eigenvalue weighted by Gasteiger charge is 2.18. The third-order valence-corrected chi connectivity index (χ3v) is 4.39. The molecule has 0 fully saturated rings. The number of anilines is 1. The smallest absolute Gasteiger partial charge is 0.262 e. The van der Waals surface area contributed by atoms with E-state index in [2.05, 4.69) is 4.72 Å². The summed E-state index contributed by atoms with van der Waals surface area (Å²) >= 11 is 5.53. The van der Waals surface area contributed by atoms with Crippen LogP contribution in [0.3, 0.4) is 0 Å². The molecule has 0 saturated carbocycles. The van der Waals surface area contributed by atoms with Crippen molar-refractivity contribution in [3.05, 3.63) is 58.9 Å². The van der Waals surface area contributed by atoms with Crippen molar-refractivity contribution in [2.45, 2.75) is 11.5 Å². The summed E-state index contributed by atoms with van der Waals surface area (Å²) < 4.78 is 39.9. The van der Waals surface area contributed by atoms with Crippen LogP contribution in [0, 0.1) is 5.82 Å². The van der Waals surface area contributed by atoms with Gasteiger partial charge in [-0.25, -0.2) is 12.8 Å². The van der Waals surface area contributed by atoms with Gasteiger partial charge in [0.2, 0.25) is 0 Å². The largest absolute Gasteiger partial charge is 0.392 e. The number of sulfonamides is 1. The molecule has 2 rings (SSSR count). The van der Waals surface area contributed by atoms with E-state index in [0.717, 1.165) is 6.07 Å². The maximum absolute atomic E-state index is 13.3. The van der Waals surface area contributed by atoms with Gasteiger partial charge in [0.1, 0.15) is 5.82 Å². The summed E-state index contributed by atoms with van der Waals surface area (Å²) in [4.78, 5) is -0.0575. The molecule has 0 spiro atoms. The van der Waals surface area contributed by atoms with Crippen LogP contribution >= 0.6 is 11.6 Å². The standard InChI is InChI=1S/C13H11ClFNO3S/c14-11-6-5-10(7-12(11)15)16-20(18,19)13-4-2-1-3-9(13)8-17/h1-7,16-17H,8H2. The van der Waals surface area contributed by atoms with E-state index in [9.17, 15) is 12.8 Å². The minimum atomic E-state index is -3.91. The van der Waals surface area contributed by atoms with Gasteiger partial charge in [0, 0.05) is 0 Å². The molecule has 0 bridgehead atoms. The zero-order chi connectivity index (χ0) is 14.8. The number of aliphatic hydroxyl groups is 1. The maximum Gasteiger partial charge on any atom is 0.262 e. The highest BCUT2D eigenvalue weighted by Crippen LogP contribution is 2.23. The van der Waals surface area contributed by atoms with E-state index in [-0.39, 0.29) is 21.2 Å². The molecular formula is C13H11ClFNO3S. The fraction of sp³-hybridized carbons (Fsp3) is 0.0769. The molecule has 2 aromatic rings. The quantitative estimate of drug-likeness (QED) is 0.911. The average Bonchev–Trinajstić information content (AvgIpc) is 2.42. The van der Waals surface area contributed by atoms with Crippen molar-refractivity contribution in [1.29, 1.82) is 0 Å². The third kappa shape index (κ3) is 3.09. The normalized spacial score (nSPS) is 11.3. The summed E-state index contributed by atoms with van der Waals surface area (Å²) in [5.74, 6) is -0.720. The van der Waals surface area contributed by atoms with Crippen LogP contribution in [-0.4, -0.2) is 13.5 Å². The SMILES string of the molecule is O=S(=O)(Nc1ccc(Cl)c(F)c1)c1ccccc1CO. The second-order valence-corrected chi connectivity index (χ2v) is 6.06. The van der Waals surface area contributed by atoms with Crippen LogP contribution < -0.4 is 4.72 Å². The number of hydrogen-bond donors (Lipinski definition) is 2. The summed E-state index contributed by atoms with van der Waals surface area (Å²) in [5, 5.41) is 9.06. The van der Waals surface area contributed by atoms with Crippen molar-refractivity contribution in [2.75, 3.05) is 4.72 Å². The maximum atomic E-state index is 13.3. The summed E-state index contributed by atoms with van der Waals surface area (Å²) in [6, 6.07) is 9.61. The summed E-state index contributed by atoms with van der Waals surface area (Å²) in [5.41, 5.74) is 0.314.